The van der Waals surface area contributed by atoms with Gasteiger partial charge in [0.1, 0.15) is 0 Å². The first-order chi connectivity index (χ1) is 11.3. The van der Waals surface area contributed by atoms with Crippen molar-refractivity contribution in [2.75, 3.05) is 24.4 Å². The van der Waals surface area contributed by atoms with Crippen LogP contribution in [0.1, 0.15) is 11.1 Å². The van der Waals surface area contributed by atoms with Gasteiger partial charge >= 0.3 is 6.03 Å². The van der Waals surface area contributed by atoms with E-state index < -0.39 is 9.73 Å². The van der Waals surface area contributed by atoms with Crippen LogP contribution in [0, 0.1) is 6.92 Å². The zero-order valence-electron chi connectivity index (χ0n) is 14.1. The minimum atomic E-state index is -2.18. The molecule has 0 unspecified atom stereocenters. The van der Waals surface area contributed by atoms with Crippen LogP contribution in [0.4, 0.5) is 16.2 Å². The molecular weight excluding hydrogens is 324 g/mol. The lowest BCUT2D eigenvalue weighted by molar-refractivity contribution is 0.252. The molecule has 0 bridgehead atoms. The Morgan fingerprint density at radius 1 is 1.21 bits per heavy atom. The van der Waals surface area contributed by atoms with Crippen molar-refractivity contribution in [3.63, 3.8) is 0 Å². The number of amides is 2. The Kier molecular flexibility index (Phi) is 5.92. The van der Waals surface area contributed by atoms with E-state index in [9.17, 15) is 9.00 Å². The van der Waals surface area contributed by atoms with E-state index in [1.54, 1.807) is 43.0 Å². The van der Waals surface area contributed by atoms with Crippen LogP contribution in [0.15, 0.2) is 47.1 Å². The fourth-order valence-electron chi connectivity index (χ4n) is 2.13. The van der Waals surface area contributed by atoms with Crippen molar-refractivity contribution >= 4 is 27.1 Å². The SMILES string of the molecule is Cc1cnccc1CCNC(=O)Nc1ccc(N=S(C)(C)=O)cc1. The number of benzene rings is 1. The molecule has 1 aromatic carbocycles. The molecule has 1 aromatic heterocycles. The molecule has 0 saturated carbocycles. The first-order valence-corrected chi connectivity index (χ1v) is 9.88. The van der Waals surface area contributed by atoms with Crippen molar-refractivity contribution < 1.29 is 9.00 Å². The lowest BCUT2D eigenvalue weighted by Crippen LogP contribution is -2.30. The number of carbonyl (C=O) groups excluding carboxylic acids is 1. The summed E-state index contributed by atoms with van der Waals surface area (Å²) in [7, 11) is -2.18. The Labute approximate surface area is 142 Å². The molecule has 2 rings (SSSR count). The van der Waals surface area contributed by atoms with E-state index in [2.05, 4.69) is 20.0 Å². The lowest BCUT2D eigenvalue weighted by Gasteiger charge is -2.09. The van der Waals surface area contributed by atoms with Gasteiger partial charge in [-0.2, -0.15) is 4.36 Å². The van der Waals surface area contributed by atoms with Gasteiger partial charge in [-0.15, -0.1) is 0 Å². The van der Waals surface area contributed by atoms with E-state index in [-0.39, 0.29) is 6.03 Å². The number of carbonyl (C=O) groups is 1. The van der Waals surface area contributed by atoms with Crippen molar-refractivity contribution in [3.8, 4) is 0 Å². The predicted octanol–water partition coefficient (Wildman–Crippen LogP) is 3.11. The van der Waals surface area contributed by atoms with E-state index in [4.69, 9.17) is 0 Å². The first-order valence-electron chi connectivity index (χ1n) is 7.55. The number of hydrogen-bond donors (Lipinski definition) is 2. The molecule has 2 aromatic rings. The Morgan fingerprint density at radius 3 is 2.54 bits per heavy atom. The number of hydrogen-bond acceptors (Lipinski definition) is 4. The van der Waals surface area contributed by atoms with Crippen LogP contribution < -0.4 is 10.6 Å². The fourth-order valence-corrected chi connectivity index (χ4v) is 2.76. The Hall–Kier alpha value is -2.41. The normalized spacial score (nSPS) is 11.0. The highest BCUT2D eigenvalue weighted by Gasteiger charge is 2.03. The molecule has 6 nitrogen and oxygen atoms in total. The molecule has 128 valence electrons. The van der Waals surface area contributed by atoms with Gasteiger partial charge in [0.2, 0.25) is 0 Å². The van der Waals surface area contributed by atoms with Gasteiger partial charge in [0, 0.05) is 46.9 Å². The third kappa shape index (κ3) is 6.00. The Morgan fingerprint density at radius 2 is 1.92 bits per heavy atom. The smallest absolute Gasteiger partial charge is 0.319 e. The highest BCUT2D eigenvalue weighted by molar-refractivity contribution is 7.92. The summed E-state index contributed by atoms with van der Waals surface area (Å²) >= 11 is 0. The highest BCUT2D eigenvalue weighted by atomic mass is 32.2. The zero-order valence-corrected chi connectivity index (χ0v) is 14.9. The summed E-state index contributed by atoms with van der Waals surface area (Å²) in [5.41, 5.74) is 3.57. The second-order valence-electron chi connectivity index (χ2n) is 5.75. The Bertz CT molecular complexity index is 817. The quantitative estimate of drug-likeness (QED) is 0.872. The minimum absolute atomic E-state index is 0.263. The standard InChI is InChI=1S/C17H22N4O2S/c1-13-12-18-10-8-14(13)9-11-19-17(22)20-15-4-6-16(7-5-15)21-24(2,3)23/h4-8,10,12H,9,11H2,1-3H3,(H2,19,20,22). The minimum Gasteiger partial charge on any atom is -0.338 e. The first kappa shape index (κ1) is 17.9. The second kappa shape index (κ2) is 7.92. The molecule has 24 heavy (non-hydrogen) atoms. The monoisotopic (exact) mass is 346 g/mol. The molecule has 0 fully saturated rings. The van der Waals surface area contributed by atoms with Crippen LogP contribution in [0.25, 0.3) is 0 Å². The molecule has 2 amide bonds. The fraction of sp³-hybridized carbons (Fsp3) is 0.294. The predicted molar refractivity (Wildman–Crippen MR) is 98.2 cm³/mol. The van der Waals surface area contributed by atoms with E-state index in [1.165, 1.54) is 5.56 Å². The maximum atomic E-state index is 11.9. The molecule has 0 aliphatic carbocycles. The van der Waals surface area contributed by atoms with Gasteiger partial charge in [0.05, 0.1) is 5.69 Å². The number of rotatable bonds is 5. The lowest BCUT2D eigenvalue weighted by atomic mass is 10.1. The van der Waals surface area contributed by atoms with Crippen LogP contribution in [-0.2, 0) is 16.1 Å². The van der Waals surface area contributed by atoms with Gasteiger partial charge < -0.3 is 10.6 Å². The van der Waals surface area contributed by atoms with Gasteiger partial charge in [0.15, 0.2) is 0 Å². The van der Waals surface area contributed by atoms with Gasteiger partial charge in [-0.05, 0) is 54.8 Å². The number of pyridine rings is 1. The van der Waals surface area contributed by atoms with Crippen molar-refractivity contribution in [1.82, 2.24) is 10.3 Å². The molecule has 2 N–H and O–H groups in total. The summed E-state index contributed by atoms with van der Waals surface area (Å²) in [6.07, 6.45) is 7.47. The summed E-state index contributed by atoms with van der Waals surface area (Å²) < 4.78 is 15.7. The van der Waals surface area contributed by atoms with Crippen molar-refractivity contribution in [2.24, 2.45) is 4.36 Å². The molecule has 0 atom stereocenters. The van der Waals surface area contributed by atoms with Crippen LogP contribution >= 0.6 is 0 Å². The number of anilines is 1. The van der Waals surface area contributed by atoms with E-state index in [1.807, 2.05) is 19.2 Å². The van der Waals surface area contributed by atoms with Crippen LogP contribution in [0.5, 0.6) is 0 Å². The summed E-state index contributed by atoms with van der Waals surface area (Å²) in [6.45, 7) is 2.54. The third-order valence-corrected chi connectivity index (χ3v) is 3.92. The number of urea groups is 1. The number of nitrogens with zero attached hydrogens (tertiary/aromatic N) is 2. The van der Waals surface area contributed by atoms with Crippen LogP contribution in [0.2, 0.25) is 0 Å². The topological polar surface area (TPSA) is 83.4 Å². The number of nitrogens with one attached hydrogen (secondary N) is 2. The van der Waals surface area contributed by atoms with Crippen molar-refractivity contribution in [3.05, 3.63) is 53.9 Å². The average molecular weight is 346 g/mol. The summed E-state index contributed by atoms with van der Waals surface area (Å²) in [4.78, 5) is 15.9. The number of aromatic nitrogens is 1. The molecule has 7 heteroatoms. The van der Waals surface area contributed by atoms with Crippen LogP contribution in [-0.4, -0.2) is 34.3 Å². The van der Waals surface area contributed by atoms with E-state index in [0.717, 1.165) is 12.0 Å². The molecule has 0 spiro atoms. The average Bonchev–Trinajstić information content (AvgIpc) is 2.50. The molecule has 0 aliphatic heterocycles. The third-order valence-electron chi connectivity index (χ3n) is 3.27. The van der Waals surface area contributed by atoms with Gasteiger partial charge in [0.25, 0.3) is 0 Å². The summed E-state index contributed by atoms with van der Waals surface area (Å²) in [6, 6.07) is 8.61. The van der Waals surface area contributed by atoms with Gasteiger partial charge in [-0.3, -0.25) is 4.98 Å². The van der Waals surface area contributed by atoms with Crippen LogP contribution in [0.3, 0.4) is 0 Å². The van der Waals surface area contributed by atoms with Gasteiger partial charge in [-0.1, -0.05) is 0 Å². The van der Waals surface area contributed by atoms with Crippen molar-refractivity contribution in [2.45, 2.75) is 13.3 Å². The summed E-state index contributed by atoms with van der Waals surface area (Å²) in [5.74, 6) is 0. The molecule has 0 aliphatic rings. The largest absolute Gasteiger partial charge is 0.338 e. The maximum Gasteiger partial charge on any atom is 0.319 e. The van der Waals surface area contributed by atoms with E-state index in [0.29, 0.717) is 17.9 Å². The Balaban J connectivity index is 1.84. The van der Waals surface area contributed by atoms with Gasteiger partial charge in [-0.25, -0.2) is 9.00 Å². The maximum absolute atomic E-state index is 11.9. The van der Waals surface area contributed by atoms with E-state index >= 15 is 0 Å². The summed E-state index contributed by atoms with van der Waals surface area (Å²) in [5, 5.41) is 5.58. The molecule has 0 radical (unpaired) electrons. The highest BCUT2D eigenvalue weighted by Crippen LogP contribution is 2.17. The zero-order chi connectivity index (χ0) is 17.6. The number of aryl methyl sites for hydroxylation is 1. The van der Waals surface area contributed by atoms with Crippen molar-refractivity contribution in [1.29, 1.82) is 0 Å². The molecule has 0 saturated heterocycles. The second-order valence-corrected chi connectivity index (χ2v) is 8.30. The molecule has 1 heterocycles. The molecular formula is C17H22N4O2S.